The van der Waals surface area contributed by atoms with Crippen LogP contribution in [0.4, 0.5) is 11.4 Å². The molecule has 1 amide bonds. The van der Waals surface area contributed by atoms with Gasteiger partial charge < -0.3 is 11.1 Å². The summed E-state index contributed by atoms with van der Waals surface area (Å²) < 4.78 is 1.64. The summed E-state index contributed by atoms with van der Waals surface area (Å²) >= 11 is 14.1. The lowest BCUT2D eigenvalue weighted by atomic mass is 10.2. The molecule has 0 bridgehead atoms. The molecule has 3 nitrogen and oxygen atoms in total. The van der Waals surface area contributed by atoms with Gasteiger partial charge in [0.15, 0.2) is 0 Å². The quantitative estimate of drug-likeness (QED) is 0.702. The van der Waals surface area contributed by atoms with Gasteiger partial charge >= 0.3 is 0 Å². The highest BCUT2D eigenvalue weighted by molar-refractivity contribution is 9.12. The lowest BCUT2D eigenvalue weighted by Gasteiger charge is -2.07. The number of nitrogen functional groups attached to an aromatic ring is 1. The molecule has 0 atom stereocenters. The van der Waals surface area contributed by atoms with Gasteiger partial charge in [-0.3, -0.25) is 4.79 Å². The van der Waals surface area contributed by atoms with Gasteiger partial charge in [-0.2, -0.15) is 0 Å². The Labute approximate surface area is 130 Å². The predicted octanol–water partition coefficient (Wildman–Crippen LogP) is 4.76. The van der Waals surface area contributed by atoms with Gasteiger partial charge in [-0.15, -0.1) is 11.3 Å². The molecule has 0 aliphatic rings. The molecule has 1 aromatic carbocycles. The van der Waals surface area contributed by atoms with Crippen LogP contribution in [-0.2, 0) is 0 Å². The first-order chi connectivity index (χ1) is 8.47. The van der Waals surface area contributed by atoms with Crippen LogP contribution in [0.1, 0.15) is 10.4 Å². The number of carbonyl (C=O) groups is 1. The molecule has 3 N–H and O–H groups in total. The molecule has 94 valence electrons. The Morgan fingerprint density at radius 3 is 2.61 bits per heavy atom. The second-order valence-electron chi connectivity index (χ2n) is 3.43. The number of nitrogens with two attached hydrogens (primary N) is 1. The summed E-state index contributed by atoms with van der Waals surface area (Å²) in [7, 11) is 0. The van der Waals surface area contributed by atoms with Crippen LogP contribution in [0.3, 0.4) is 0 Å². The molecular formula is C11H7Br2ClN2OS. The first-order valence-corrected chi connectivity index (χ1v) is 7.56. The number of hydrogen-bond donors (Lipinski definition) is 2. The van der Waals surface area contributed by atoms with E-state index in [1.54, 1.807) is 24.3 Å². The second-order valence-corrected chi connectivity index (χ2v) is 7.59. The highest BCUT2D eigenvalue weighted by Crippen LogP contribution is 2.33. The molecule has 1 heterocycles. The maximum Gasteiger partial charge on any atom is 0.257 e. The molecule has 0 spiro atoms. The molecule has 0 saturated heterocycles. The minimum absolute atomic E-state index is 0.226. The number of carbonyl (C=O) groups excluding carboxylic acids is 1. The maximum atomic E-state index is 12.0. The largest absolute Gasteiger partial charge is 0.399 e. The summed E-state index contributed by atoms with van der Waals surface area (Å²) in [6, 6.07) is 6.69. The topological polar surface area (TPSA) is 55.1 Å². The van der Waals surface area contributed by atoms with Crippen LogP contribution in [0.2, 0.25) is 5.02 Å². The van der Waals surface area contributed by atoms with Crippen molar-refractivity contribution in [3.05, 3.63) is 42.4 Å². The number of halogens is 3. The molecule has 2 aromatic rings. The van der Waals surface area contributed by atoms with E-state index in [1.807, 2.05) is 0 Å². The number of thiophene rings is 1. The van der Waals surface area contributed by atoms with Gasteiger partial charge in [0.2, 0.25) is 0 Å². The molecule has 2 rings (SSSR count). The SMILES string of the molecule is Nc1ccc(NC(=O)c2cc(Br)sc2Br)c(Cl)c1. The monoisotopic (exact) mass is 408 g/mol. The van der Waals surface area contributed by atoms with E-state index < -0.39 is 0 Å². The Kier molecular flexibility index (Phi) is 4.32. The average molecular weight is 411 g/mol. The molecule has 0 aliphatic heterocycles. The molecular weight excluding hydrogens is 403 g/mol. The fraction of sp³-hybridized carbons (Fsp3) is 0. The lowest BCUT2D eigenvalue weighted by Crippen LogP contribution is -2.11. The molecule has 1 aromatic heterocycles. The summed E-state index contributed by atoms with van der Waals surface area (Å²) in [5.74, 6) is -0.226. The third-order valence-electron chi connectivity index (χ3n) is 2.14. The van der Waals surface area contributed by atoms with E-state index in [-0.39, 0.29) is 5.91 Å². The van der Waals surface area contributed by atoms with E-state index in [9.17, 15) is 4.79 Å². The molecule has 0 unspecified atom stereocenters. The van der Waals surface area contributed by atoms with Crippen LogP contribution in [0.25, 0.3) is 0 Å². The average Bonchev–Trinajstić information content (AvgIpc) is 2.62. The van der Waals surface area contributed by atoms with Crippen LogP contribution in [0.5, 0.6) is 0 Å². The van der Waals surface area contributed by atoms with Crippen molar-refractivity contribution in [3.63, 3.8) is 0 Å². The standard InChI is InChI=1S/C11H7Br2ClN2OS/c12-9-4-6(10(13)18-9)11(17)16-8-2-1-5(15)3-7(8)14/h1-4H,15H2,(H,16,17). The van der Waals surface area contributed by atoms with Gasteiger partial charge in [0.25, 0.3) is 5.91 Å². The van der Waals surface area contributed by atoms with E-state index in [0.29, 0.717) is 22.0 Å². The molecule has 7 heteroatoms. The lowest BCUT2D eigenvalue weighted by molar-refractivity contribution is 0.102. The summed E-state index contributed by atoms with van der Waals surface area (Å²) in [5.41, 5.74) is 7.23. The Balaban J connectivity index is 2.24. The first kappa shape index (κ1) is 13.9. The zero-order valence-corrected chi connectivity index (χ0v) is 13.6. The molecule has 0 saturated carbocycles. The summed E-state index contributed by atoms with van der Waals surface area (Å²) in [5, 5.41) is 3.15. The van der Waals surface area contributed by atoms with Crippen molar-refractivity contribution in [2.45, 2.75) is 0 Å². The van der Waals surface area contributed by atoms with Crippen LogP contribution in [0, 0.1) is 0 Å². The van der Waals surface area contributed by atoms with Gasteiger partial charge in [-0.25, -0.2) is 0 Å². The number of nitrogens with one attached hydrogen (secondary N) is 1. The van der Waals surface area contributed by atoms with Gasteiger partial charge in [0.05, 0.1) is 23.8 Å². The molecule has 0 fully saturated rings. The van der Waals surface area contributed by atoms with E-state index in [0.717, 1.165) is 7.57 Å². The Bertz CT molecular complexity index is 615. The summed E-state index contributed by atoms with van der Waals surface area (Å²) in [4.78, 5) is 12.0. The van der Waals surface area contributed by atoms with E-state index in [4.69, 9.17) is 17.3 Å². The van der Waals surface area contributed by atoms with Crippen molar-refractivity contribution >= 4 is 72.1 Å². The molecule has 0 aliphatic carbocycles. The predicted molar refractivity (Wildman–Crippen MR) is 83.5 cm³/mol. The minimum atomic E-state index is -0.226. The van der Waals surface area contributed by atoms with E-state index >= 15 is 0 Å². The van der Waals surface area contributed by atoms with Crippen molar-refractivity contribution in [2.24, 2.45) is 0 Å². The summed E-state index contributed by atoms with van der Waals surface area (Å²) in [6.07, 6.45) is 0. The third-order valence-corrected chi connectivity index (χ3v) is 4.79. The number of benzene rings is 1. The van der Waals surface area contributed by atoms with Crippen molar-refractivity contribution in [1.82, 2.24) is 0 Å². The number of amides is 1. The number of anilines is 2. The molecule has 18 heavy (non-hydrogen) atoms. The fourth-order valence-corrected chi connectivity index (χ4v) is 4.35. The zero-order valence-electron chi connectivity index (χ0n) is 8.84. The van der Waals surface area contributed by atoms with Crippen molar-refractivity contribution in [3.8, 4) is 0 Å². The highest BCUT2D eigenvalue weighted by Gasteiger charge is 2.14. The third kappa shape index (κ3) is 3.06. The van der Waals surface area contributed by atoms with Crippen LogP contribution < -0.4 is 11.1 Å². The maximum absolute atomic E-state index is 12.0. The van der Waals surface area contributed by atoms with Crippen LogP contribution >= 0.6 is 54.8 Å². The van der Waals surface area contributed by atoms with Gasteiger partial charge in [0, 0.05) is 5.69 Å². The number of rotatable bonds is 2. The molecule has 0 radical (unpaired) electrons. The van der Waals surface area contributed by atoms with Gasteiger partial charge in [-0.1, -0.05) is 11.6 Å². The second kappa shape index (κ2) is 5.61. The van der Waals surface area contributed by atoms with Gasteiger partial charge in [0.1, 0.15) is 0 Å². The van der Waals surface area contributed by atoms with E-state index in [1.165, 1.54) is 11.3 Å². The first-order valence-electron chi connectivity index (χ1n) is 4.78. The van der Waals surface area contributed by atoms with Crippen molar-refractivity contribution in [1.29, 1.82) is 0 Å². The van der Waals surface area contributed by atoms with Crippen molar-refractivity contribution < 1.29 is 4.79 Å². The van der Waals surface area contributed by atoms with Gasteiger partial charge in [-0.05, 0) is 56.1 Å². The zero-order chi connectivity index (χ0) is 13.3. The summed E-state index contributed by atoms with van der Waals surface area (Å²) in [6.45, 7) is 0. The fourth-order valence-electron chi connectivity index (χ4n) is 1.32. The highest BCUT2D eigenvalue weighted by atomic mass is 79.9. The minimum Gasteiger partial charge on any atom is -0.399 e. The smallest absolute Gasteiger partial charge is 0.257 e. The number of hydrogen-bond acceptors (Lipinski definition) is 3. The van der Waals surface area contributed by atoms with Crippen LogP contribution in [0.15, 0.2) is 31.8 Å². The van der Waals surface area contributed by atoms with E-state index in [2.05, 4.69) is 37.2 Å². The van der Waals surface area contributed by atoms with Crippen LogP contribution in [-0.4, -0.2) is 5.91 Å². The Hall–Kier alpha value is -0.560. The van der Waals surface area contributed by atoms with Crippen molar-refractivity contribution in [2.75, 3.05) is 11.1 Å². The normalized spacial score (nSPS) is 10.4. The Morgan fingerprint density at radius 2 is 2.06 bits per heavy atom. The Morgan fingerprint density at radius 1 is 1.33 bits per heavy atom.